The Balaban J connectivity index is 1.47. The molecule has 2 aromatic rings. The SMILES string of the molecule is O=C(c1c[nH]c(=O)n(CC2CCCO2)c1=O)N1CCN(c2ccc(F)c(Cl)c2)CC1. The van der Waals surface area contributed by atoms with Crippen LogP contribution in [0.3, 0.4) is 0 Å². The number of ether oxygens (including phenoxy) is 1. The fourth-order valence-corrected chi connectivity index (χ4v) is 4.02. The molecule has 2 fully saturated rings. The Morgan fingerprint density at radius 3 is 2.67 bits per heavy atom. The largest absolute Gasteiger partial charge is 0.376 e. The molecule has 10 heteroatoms. The van der Waals surface area contributed by atoms with Crippen molar-refractivity contribution in [3.05, 3.63) is 61.6 Å². The summed E-state index contributed by atoms with van der Waals surface area (Å²) >= 11 is 5.86. The first kappa shape index (κ1) is 20.6. The molecule has 0 saturated carbocycles. The van der Waals surface area contributed by atoms with Crippen LogP contribution in [0.5, 0.6) is 0 Å². The molecule has 0 bridgehead atoms. The van der Waals surface area contributed by atoms with E-state index in [4.69, 9.17) is 16.3 Å². The van der Waals surface area contributed by atoms with Gasteiger partial charge >= 0.3 is 5.69 Å². The zero-order chi connectivity index (χ0) is 21.3. The highest BCUT2D eigenvalue weighted by molar-refractivity contribution is 6.31. The van der Waals surface area contributed by atoms with Crippen LogP contribution < -0.4 is 16.1 Å². The number of hydrogen-bond acceptors (Lipinski definition) is 5. The molecule has 1 aromatic carbocycles. The van der Waals surface area contributed by atoms with Gasteiger partial charge < -0.3 is 19.5 Å². The van der Waals surface area contributed by atoms with Gasteiger partial charge in [-0.25, -0.2) is 9.18 Å². The molecular formula is C20H22ClFN4O4. The first-order valence-corrected chi connectivity index (χ1v) is 10.3. The summed E-state index contributed by atoms with van der Waals surface area (Å²) in [4.78, 5) is 43.9. The van der Waals surface area contributed by atoms with E-state index in [2.05, 4.69) is 4.98 Å². The maximum absolute atomic E-state index is 13.4. The van der Waals surface area contributed by atoms with E-state index >= 15 is 0 Å². The lowest BCUT2D eigenvalue weighted by Gasteiger charge is -2.36. The van der Waals surface area contributed by atoms with Gasteiger partial charge in [-0.05, 0) is 31.0 Å². The zero-order valence-corrected chi connectivity index (χ0v) is 17.0. The number of piperazine rings is 1. The summed E-state index contributed by atoms with van der Waals surface area (Å²) < 4.78 is 19.9. The van der Waals surface area contributed by atoms with Gasteiger partial charge in [0.15, 0.2) is 0 Å². The Morgan fingerprint density at radius 2 is 2.00 bits per heavy atom. The Labute approximate surface area is 176 Å². The highest BCUT2D eigenvalue weighted by Gasteiger charge is 2.26. The Bertz CT molecular complexity index is 1060. The highest BCUT2D eigenvalue weighted by Crippen LogP contribution is 2.23. The predicted molar refractivity (Wildman–Crippen MR) is 110 cm³/mol. The van der Waals surface area contributed by atoms with E-state index in [1.54, 1.807) is 17.0 Å². The van der Waals surface area contributed by atoms with Crippen LogP contribution >= 0.6 is 11.6 Å². The molecule has 1 atom stereocenters. The van der Waals surface area contributed by atoms with Crippen molar-refractivity contribution in [1.82, 2.24) is 14.5 Å². The monoisotopic (exact) mass is 436 g/mol. The van der Waals surface area contributed by atoms with Crippen LogP contribution in [0.2, 0.25) is 5.02 Å². The smallest absolute Gasteiger partial charge is 0.328 e. The minimum Gasteiger partial charge on any atom is -0.376 e. The van der Waals surface area contributed by atoms with Gasteiger partial charge in [-0.1, -0.05) is 11.6 Å². The van der Waals surface area contributed by atoms with Crippen molar-refractivity contribution in [2.24, 2.45) is 0 Å². The molecule has 1 unspecified atom stereocenters. The summed E-state index contributed by atoms with van der Waals surface area (Å²) in [5.41, 5.74) is -0.445. The molecule has 2 aliphatic rings. The predicted octanol–water partition coefficient (Wildman–Crippen LogP) is 1.47. The standard InChI is InChI=1S/C20H22ClFN4O4/c21-16-10-13(3-4-17(16)22)24-5-7-25(8-6-24)18(27)15-11-23-20(29)26(19(15)28)12-14-2-1-9-30-14/h3-4,10-11,14H,1-2,5-9,12H2,(H,23,29). The van der Waals surface area contributed by atoms with Crippen molar-refractivity contribution >= 4 is 23.2 Å². The Morgan fingerprint density at radius 1 is 1.23 bits per heavy atom. The van der Waals surface area contributed by atoms with Gasteiger partial charge in [-0.15, -0.1) is 0 Å². The molecule has 1 aromatic heterocycles. The fraction of sp³-hybridized carbons (Fsp3) is 0.450. The number of nitrogens with one attached hydrogen (secondary N) is 1. The molecule has 4 rings (SSSR count). The first-order valence-electron chi connectivity index (χ1n) is 9.87. The first-order chi connectivity index (χ1) is 14.4. The number of aromatic amines is 1. The quantitative estimate of drug-likeness (QED) is 0.784. The fourth-order valence-electron chi connectivity index (χ4n) is 3.84. The number of rotatable bonds is 4. The maximum Gasteiger partial charge on any atom is 0.328 e. The van der Waals surface area contributed by atoms with E-state index < -0.39 is 23.0 Å². The second-order valence-electron chi connectivity index (χ2n) is 7.44. The number of benzene rings is 1. The molecule has 2 saturated heterocycles. The number of hydrogen-bond donors (Lipinski definition) is 1. The van der Waals surface area contributed by atoms with Gasteiger partial charge in [0.05, 0.1) is 17.7 Å². The molecule has 0 spiro atoms. The molecule has 0 aliphatic carbocycles. The van der Waals surface area contributed by atoms with Crippen LogP contribution in [0, 0.1) is 5.82 Å². The minimum absolute atomic E-state index is 0.0473. The van der Waals surface area contributed by atoms with E-state index in [0.717, 1.165) is 23.1 Å². The maximum atomic E-state index is 13.4. The highest BCUT2D eigenvalue weighted by atomic mass is 35.5. The second-order valence-corrected chi connectivity index (χ2v) is 7.84. The number of nitrogens with zero attached hydrogens (tertiary/aromatic N) is 3. The number of carbonyl (C=O) groups excluding carboxylic acids is 1. The zero-order valence-electron chi connectivity index (χ0n) is 16.3. The van der Waals surface area contributed by atoms with Crippen LogP contribution in [0.1, 0.15) is 23.2 Å². The summed E-state index contributed by atoms with van der Waals surface area (Å²) in [6.45, 7) is 2.55. The Kier molecular flexibility index (Phi) is 5.92. The van der Waals surface area contributed by atoms with Crippen LogP contribution in [0.25, 0.3) is 0 Å². The second kappa shape index (κ2) is 8.61. The average Bonchev–Trinajstić information content (AvgIpc) is 3.26. The normalized spacial score (nSPS) is 19.3. The van der Waals surface area contributed by atoms with Crippen molar-refractivity contribution in [3.63, 3.8) is 0 Å². The topological polar surface area (TPSA) is 87.6 Å². The average molecular weight is 437 g/mol. The van der Waals surface area contributed by atoms with Gasteiger partial charge in [0.2, 0.25) is 0 Å². The molecule has 160 valence electrons. The number of carbonyl (C=O) groups is 1. The summed E-state index contributed by atoms with van der Waals surface area (Å²) in [6, 6.07) is 4.51. The third-order valence-corrected chi connectivity index (χ3v) is 5.83. The van der Waals surface area contributed by atoms with E-state index in [9.17, 15) is 18.8 Å². The van der Waals surface area contributed by atoms with Crippen LogP contribution in [0.15, 0.2) is 34.0 Å². The van der Waals surface area contributed by atoms with Crippen LogP contribution in [-0.4, -0.2) is 59.2 Å². The third-order valence-electron chi connectivity index (χ3n) is 5.54. The molecule has 1 N–H and O–H groups in total. The lowest BCUT2D eigenvalue weighted by atomic mass is 10.2. The minimum atomic E-state index is -0.605. The van der Waals surface area contributed by atoms with E-state index in [0.29, 0.717) is 32.8 Å². The van der Waals surface area contributed by atoms with E-state index in [1.165, 1.54) is 12.3 Å². The molecule has 30 heavy (non-hydrogen) atoms. The lowest BCUT2D eigenvalue weighted by molar-refractivity contribution is 0.0739. The van der Waals surface area contributed by atoms with Crippen molar-refractivity contribution < 1.29 is 13.9 Å². The van der Waals surface area contributed by atoms with Gasteiger partial charge in [-0.3, -0.25) is 14.2 Å². The number of amides is 1. The molecule has 0 radical (unpaired) electrons. The van der Waals surface area contributed by atoms with Gasteiger partial charge in [0.1, 0.15) is 11.4 Å². The van der Waals surface area contributed by atoms with Crippen LogP contribution in [-0.2, 0) is 11.3 Å². The van der Waals surface area contributed by atoms with Crippen LogP contribution in [0.4, 0.5) is 10.1 Å². The molecule has 2 aliphatic heterocycles. The number of aromatic nitrogens is 2. The van der Waals surface area contributed by atoms with Gasteiger partial charge in [-0.2, -0.15) is 0 Å². The third kappa shape index (κ3) is 4.13. The van der Waals surface area contributed by atoms with Gasteiger partial charge in [0, 0.05) is 44.7 Å². The van der Waals surface area contributed by atoms with E-state index in [-0.39, 0.29) is 23.2 Å². The number of anilines is 1. The molecule has 3 heterocycles. The molecular weight excluding hydrogens is 415 g/mol. The van der Waals surface area contributed by atoms with Crippen molar-refractivity contribution in [3.8, 4) is 0 Å². The summed E-state index contributed by atoms with van der Waals surface area (Å²) in [7, 11) is 0. The van der Waals surface area contributed by atoms with Crippen molar-refractivity contribution in [1.29, 1.82) is 0 Å². The summed E-state index contributed by atoms with van der Waals surface area (Å²) in [6.07, 6.45) is 2.66. The lowest BCUT2D eigenvalue weighted by Crippen LogP contribution is -2.51. The van der Waals surface area contributed by atoms with Crippen molar-refractivity contribution in [2.75, 3.05) is 37.7 Å². The van der Waals surface area contributed by atoms with Gasteiger partial charge in [0.25, 0.3) is 11.5 Å². The summed E-state index contributed by atoms with van der Waals surface area (Å²) in [5.74, 6) is -0.902. The Hall–Kier alpha value is -2.65. The number of H-pyrrole nitrogens is 1. The summed E-state index contributed by atoms with van der Waals surface area (Å²) in [5, 5.41) is 0.0473. The molecule has 8 nitrogen and oxygen atoms in total. The van der Waals surface area contributed by atoms with E-state index in [1.807, 2.05) is 4.90 Å². The van der Waals surface area contributed by atoms with Crippen molar-refractivity contribution in [2.45, 2.75) is 25.5 Å². The molecule has 1 amide bonds. The number of halogens is 2.